The molecular formula is C22H27F2N7O. The molecule has 2 aliphatic heterocycles. The highest BCUT2D eigenvalue weighted by molar-refractivity contribution is 5.62. The number of imidazole rings is 1. The van der Waals surface area contributed by atoms with Gasteiger partial charge in [0.15, 0.2) is 5.65 Å². The van der Waals surface area contributed by atoms with Gasteiger partial charge < -0.3 is 14.9 Å². The Hall–Kier alpha value is -2.72. The van der Waals surface area contributed by atoms with Gasteiger partial charge >= 0.3 is 0 Å². The van der Waals surface area contributed by atoms with Crippen LogP contribution in [-0.2, 0) is 0 Å². The van der Waals surface area contributed by atoms with Gasteiger partial charge in [-0.15, -0.1) is 0 Å². The van der Waals surface area contributed by atoms with Crippen molar-refractivity contribution in [2.24, 2.45) is 5.92 Å². The number of rotatable bonds is 6. The highest BCUT2D eigenvalue weighted by atomic mass is 19.3. The SMILES string of the molecule is OC1CCN(CCC2CCN(c3cc(-c4cnc5ccc(C(F)F)nn45)ncn3)CC2)C1. The van der Waals surface area contributed by atoms with Gasteiger partial charge in [0.1, 0.15) is 23.5 Å². The molecule has 0 saturated carbocycles. The molecule has 0 aliphatic carbocycles. The number of aromatic nitrogens is 5. The van der Waals surface area contributed by atoms with Crippen LogP contribution < -0.4 is 4.90 Å². The molecule has 0 bridgehead atoms. The van der Waals surface area contributed by atoms with Crippen LogP contribution in [0.25, 0.3) is 17.0 Å². The molecule has 0 spiro atoms. The smallest absolute Gasteiger partial charge is 0.282 e. The summed E-state index contributed by atoms with van der Waals surface area (Å²) >= 11 is 0. The zero-order valence-corrected chi connectivity index (χ0v) is 17.8. The zero-order chi connectivity index (χ0) is 22.1. The maximum absolute atomic E-state index is 13.1. The molecular weight excluding hydrogens is 416 g/mol. The fourth-order valence-corrected chi connectivity index (χ4v) is 4.67. The summed E-state index contributed by atoms with van der Waals surface area (Å²) in [5.74, 6) is 1.51. The molecule has 2 aliphatic rings. The number of alkyl halides is 2. The van der Waals surface area contributed by atoms with Crippen LogP contribution in [-0.4, -0.2) is 73.4 Å². The second kappa shape index (κ2) is 9.03. The van der Waals surface area contributed by atoms with Crippen molar-refractivity contribution < 1.29 is 13.9 Å². The third-order valence-corrected chi connectivity index (χ3v) is 6.56. The zero-order valence-electron chi connectivity index (χ0n) is 17.8. The summed E-state index contributed by atoms with van der Waals surface area (Å²) in [5, 5.41) is 13.7. The fraction of sp³-hybridized carbons (Fsp3) is 0.545. The number of aliphatic hydroxyl groups is 1. The average molecular weight is 444 g/mol. The summed E-state index contributed by atoms with van der Waals surface area (Å²) in [4.78, 5) is 17.7. The summed E-state index contributed by atoms with van der Waals surface area (Å²) in [6, 6.07) is 4.71. The molecule has 5 heterocycles. The van der Waals surface area contributed by atoms with Crippen molar-refractivity contribution >= 4 is 11.5 Å². The first kappa shape index (κ1) is 21.1. The van der Waals surface area contributed by atoms with Gasteiger partial charge in [0, 0.05) is 32.2 Å². The molecule has 3 aromatic heterocycles. The maximum atomic E-state index is 13.1. The molecule has 8 nitrogen and oxygen atoms in total. The highest BCUT2D eigenvalue weighted by Crippen LogP contribution is 2.27. The minimum Gasteiger partial charge on any atom is -0.392 e. The normalized spacial score (nSPS) is 20.6. The van der Waals surface area contributed by atoms with E-state index in [9.17, 15) is 13.9 Å². The molecule has 0 radical (unpaired) electrons. The number of anilines is 1. The first-order chi connectivity index (χ1) is 15.6. The molecule has 3 aromatic rings. The minimum atomic E-state index is -2.65. The fourth-order valence-electron chi connectivity index (χ4n) is 4.67. The Morgan fingerprint density at radius 3 is 2.66 bits per heavy atom. The Bertz CT molecular complexity index is 1070. The average Bonchev–Trinajstić information content (AvgIpc) is 3.43. The van der Waals surface area contributed by atoms with Crippen LogP contribution in [0.1, 0.15) is 37.8 Å². The van der Waals surface area contributed by atoms with Crippen LogP contribution >= 0.6 is 0 Å². The Kier molecular flexibility index (Phi) is 5.97. The van der Waals surface area contributed by atoms with Gasteiger partial charge in [-0.25, -0.2) is 28.2 Å². The van der Waals surface area contributed by atoms with Crippen molar-refractivity contribution in [3.05, 3.63) is 36.4 Å². The molecule has 1 atom stereocenters. The van der Waals surface area contributed by atoms with Crippen LogP contribution in [0.2, 0.25) is 0 Å². The molecule has 2 fully saturated rings. The predicted octanol–water partition coefficient (Wildman–Crippen LogP) is 2.80. The topological polar surface area (TPSA) is 82.7 Å². The van der Waals surface area contributed by atoms with Crippen LogP contribution in [0.15, 0.2) is 30.7 Å². The molecule has 32 heavy (non-hydrogen) atoms. The van der Waals surface area contributed by atoms with E-state index in [2.05, 4.69) is 29.9 Å². The molecule has 0 aromatic carbocycles. The summed E-state index contributed by atoms with van der Waals surface area (Å²) < 4.78 is 27.6. The Morgan fingerprint density at radius 2 is 1.91 bits per heavy atom. The lowest BCUT2D eigenvalue weighted by molar-refractivity contribution is 0.144. The Labute approximate surface area is 184 Å². The van der Waals surface area contributed by atoms with Gasteiger partial charge in [-0.05, 0) is 50.3 Å². The van der Waals surface area contributed by atoms with E-state index >= 15 is 0 Å². The number of halogens is 2. The number of hydrogen-bond acceptors (Lipinski definition) is 7. The van der Waals surface area contributed by atoms with E-state index in [4.69, 9.17) is 0 Å². The standard InChI is InChI=1S/C22H27F2N7O/c23-22(24)17-1-2-20-25-12-19(31(20)28-17)18-11-21(27-14-26-18)30-9-4-15(5-10-30)3-7-29-8-6-16(32)13-29/h1-2,11-12,14-16,22,32H,3-10,13H2. The third-order valence-electron chi connectivity index (χ3n) is 6.56. The number of piperidine rings is 1. The van der Waals surface area contributed by atoms with Crippen molar-refractivity contribution in [2.45, 2.75) is 38.2 Å². The predicted molar refractivity (Wildman–Crippen MR) is 116 cm³/mol. The lowest BCUT2D eigenvalue weighted by atomic mass is 9.93. The summed E-state index contributed by atoms with van der Waals surface area (Å²) in [7, 11) is 0. The molecule has 5 rings (SSSR count). The van der Waals surface area contributed by atoms with Gasteiger partial charge in [0.2, 0.25) is 0 Å². The monoisotopic (exact) mass is 443 g/mol. The maximum Gasteiger partial charge on any atom is 0.282 e. The Morgan fingerprint density at radius 1 is 1.06 bits per heavy atom. The molecule has 1 unspecified atom stereocenters. The number of likely N-dealkylation sites (tertiary alicyclic amines) is 1. The quantitative estimate of drug-likeness (QED) is 0.627. The van der Waals surface area contributed by atoms with Gasteiger partial charge in [-0.1, -0.05) is 0 Å². The van der Waals surface area contributed by atoms with Crippen LogP contribution in [0.3, 0.4) is 0 Å². The number of β-amino-alcohol motifs (C(OH)–C–C–N with tert-alkyl or cyclic N) is 1. The van der Waals surface area contributed by atoms with Crippen molar-refractivity contribution in [2.75, 3.05) is 37.6 Å². The van der Waals surface area contributed by atoms with Gasteiger partial charge in [0.05, 0.1) is 18.0 Å². The molecule has 2 saturated heterocycles. The van der Waals surface area contributed by atoms with E-state index in [0.29, 0.717) is 23.0 Å². The Balaban J connectivity index is 1.25. The van der Waals surface area contributed by atoms with E-state index in [1.54, 1.807) is 6.20 Å². The first-order valence-corrected chi connectivity index (χ1v) is 11.2. The van der Waals surface area contributed by atoms with Crippen LogP contribution in [0.4, 0.5) is 14.6 Å². The van der Waals surface area contributed by atoms with Crippen LogP contribution in [0.5, 0.6) is 0 Å². The largest absolute Gasteiger partial charge is 0.392 e. The first-order valence-electron chi connectivity index (χ1n) is 11.2. The number of nitrogens with zero attached hydrogens (tertiary/aromatic N) is 7. The summed E-state index contributed by atoms with van der Waals surface area (Å²) in [5.41, 5.74) is 1.37. The summed E-state index contributed by atoms with van der Waals surface area (Å²) in [6.45, 7) is 4.71. The second-order valence-electron chi connectivity index (χ2n) is 8.70. The summed E-state index contributed by atoms with van der Waals surface area (Å²) in [6.07, 6.45) is 4.56. The van der Waals surface area contributed by atoms with Gasteiger partial charge in [-0.2, -0.15) is 5.10 Å². The van der Waals surface area contributed by atoms with E-state index in [1.165, 1.54) is 23.0 Å². The molecule has 1 N–H and O–H groups in total. The van der Waals surface area contributed by atoms with E-state index in [0.717, 1.165) is 64.2 Å². The second-order valence-corrected chi connectivity index (χ2v) is 8.70. The van der Waals surface area contributed by atoms with Crippen molar-refractivity contribution in [3.63, 3.8) is 0 Å². The highest BCUT2D eigenvalue weighted by Gasteiger charge is 2.24. The molecule has 0 amide bonds. The van der Waals surface area contributed by atoms with Crippen LogP contribution in [0, 0.1) is 5.92 Å². The molecule has 170 valence electrons. The number of aliphatic hydroxyl groups excluding tert-OH is 1. The van der Waals surface area contributed by atoms with Crippen molar-refractivity contribution in [1.29, 1.82) is 0 Å². The third kappa shape index (κ3) is 4.42. The molecule has 10 heteroatoms. The number of hydrogen-bond donors (Lipinski definition) is 1. The van der Waals surface area contributed by atoms with Crippen molar-refractivity contribution in [3.8, 4) is 11.4 Å². The van der Waals surface area contributed by atoms with E-state index in [1.807, 2.05) is 6.07 Å². The van der Waals surface area contributed by atoms with Gasteiger partial charge in [0.25, 0.3) is 6.43 Å². The lowest BCUT2D eigenvalue weighted by Gasteiger charge is -2.33. The van der Waals surface area contributed by atoms with E-state index < -0.39 is 6.43 Å². The van der Waals surface area contributed by atoms with Crippen molar-refractivity contribution in [1.82, 2.24) is 29.5 Å². The minimum absolute atomic E-state index is 0.158. The van der Waals surface area contributed by atoms with E-state index in [-0.39, 0.29) is 11.8 Å². The number of fused-ring (bicyclic) bond motifs is 1. The van der Waals surface area contributed by atoms with Gasteiger partial charge in [-0.3, -0.25) is 0 Å². The lowest BCUT2D eigenvalue weighted by Crippen LogP contribution is -2.35.